The highest BCUT2D eigenvalue weighted by Gasteiger charge is 2.35. The second-order valence-electron chi connectivity index (χ2n) is 18.0. The normalized spacial score (nSPS) is 19.5. The number of ether oxygens (including phenoxy) is 9. The van der Waals surface area contributed by atoms with E-state index in [1.54, 1.807) is 30.3 Å². The minimum absolute atomic E-state index is 0.0448. The van der Waals surface area contributed by atoms with Gasteiger partial charge in [-0.25, -0.2) is 9.59 Å². The summed E-state index contributed by atoms with van der Waals surface area (Å²) < 4.78 is 49.5. The summed E-state index contributed by atoms with van der Waals surface area (Å²) >= 11 is 0. The van der Waals surface area contributed by atoms with Gasteiger partial charge in [-0.2, -0.15) is 0 Å². The van der Waals surface area contributed by atoms with Gasteiger partial charge < -0.3 is 42.6 Å². The van der Waals surface area contributed by atoms with Crippen LogP contribution in [0.5, 0.6) is 23.0 Å². The van der Waals surface area contributed by atoms with Gasteiger partial charge in [0.2, 0.25) is 0 Å². The molecule has 0 spiro atoms. The second kappa shape index (κ2) is 30.4. The van der Waals surface area contributed by atoms with E-state index in [0.717, 1.165) is 63.9 Å². The highest BCUT2D eigenvalue weighted by atomic mass is 16.6. The Morgan fingerprint density at radius 2 is 1.10 bits per heavy atom. The third-order valence-electron chi connectivity index (χ3n) is 12.7. The van der Waals surface area contributed by atoms with E-state index >= 15 is 0 Å². The Balaban J connectivity index is 0.967. The Morgan fingerprint density at radius 3 is 1.65 bits per heavy atom. The maximum atomic E-state index is 13.3. The van der Waals surface area contributed by atoms with Crippen LogP contribution in [0, 0.1) is 23.7 Å². The first-order chi connectivity index (χ1) is 34.5. The van der Waals surface area contributed by atoms with Crippen molar-refractivity contribution in [3.8, 4) is 23.0 Å². The molecule has 71 heavy (non-hydrogen) atoms. The summed E-state index contributed by atoms with van der Waals surface area (Å²) in [6, 6.07) is 11.0. The van der Waals surface area contributed by atoms with Crippen LogP contribution in [0.25, 0.3) is 0 Å². The van der Waals surface area contributed by atoms with Crippen LogP contribution in [0.2, 0.25) is 0 Å². The average molecular weight is 987 g/mol. The van der Waals surface area contributed by atoms with Crippen molar-refractivity contribution in [1.29, 1.82) is 0 Å². The number of benzene rings is 2. The Morgan fingerprint density at radius 1 is 0.592 bits per heavy atom. The lowest BCUT2D eigenvalue weighted by Crippen LogP contribution is -2.30. The van der Waals surface area contributed by atoms with Crippen molar-refractivity contribution in [2.45, 2.75) is 135 Å². The summed E-state index contributed by atoms with van der Waals surface area (Å²) in [5.41, 5.74) is -0.0913. The fourth-order valence-electron chi connectivity index (χ4n) is 8.47. The number of unbranched alkanes of at least 4 members (excludes halogenated alkanes) is 6. The molecule has 2 fully saturated rings. The van der Waals surface area contributed by atoms with Crippen molar-refractivity contribution in [3.05, 3.63) is 84.7 Å². The SMILES string of the molecule is C=CC(=O)OCCCCCCOC1C=CC(OC(=O)C2CCC(C(=O)Oc3ccc(OC(=O)C4CCC(C(=O)Oc5ccc(OCCCCCCOC(=O)CCC)cc5)CC4)c(C(=O)OC)c3)CC2)=CC1. The number of hydrogen-bond donors (Lipinski definition) is 0. The molecular formula is C55H70O16. The highest BCUT2D eigenvalue weighted by molar-refractivity contribution is 5.94. The zero-order valence-electron chi connectivity index (χ0n) is 41.2. The third-order valence-corrected chi connectivity index (χ3v) is 12.7. The predicted molar refractivity (Wildman–Crippen MR) is 259 cm³/mol. The van der Waals surface area contributed by atoms with Gasteiger partial charge in [0.1, 0.15) is 34.3 Å². The zero-order chi connectivity index (χ0) is 50.8. The lowest BCUT2D eigenvalue weighted by Gasteiger charge is -2.26. The van der Waals surface area contributed by atoms with Gasteiger partial charge in [0.25, 0.3) is 0 Å². The van der Waals surface area contributed by atoms with Crippen LogP contribution < -0.4 is 18.9 Å². The second-order valence-corrected chi connectivity index (χ2v) is 18.0. The van der Waals surface area contributed by atoms with Gasteiger partial charge in [0.15, 0.2) is 0 Å². The van der Waals surface area contributed by atoms with Crippen molar-refractivity contribution in [1.82, 2.24) is 0 Å². The van der Waals surface area contributed by atoms with Crippen molar-refractivity contribution in [3.63, 3.8) is 0 Å². The molecule has 16 nitrogen and oxygen atoms in total. The fraction of sp³-hybridized carbons (Fsp3) is 0.545. The molecule has 5 rings (SSSR count). The molecule has 0 amide bonds. The Labute approximate surface area is 416 Å². The Bertz CT molecular complexity index is 2140. The van der Waals surface area contributed by atoms with Crippen molar-refractivity contribution >= 4 is 41.8 Å². The number of carbonyl (C=O) groups excluding carboxylic acids is 7. The smallest absolute Gasteiger partial charge is 0.341 e. The van der Waals surface area contributed by atoms with Gasteiger partial charge in [0, 0.05) is 19.1 Å². The Kier molecular flexibility index (Phi) is 23.9. The van der Waals surface area contributed by atoms with Crippen LogP contribution in [0.15, 0.2) is 79.1 Å². The van der Waals surface area contributed by atoms with Crippen molar-refractivity contribution in [2.24, 2.45) is 23.7 Å². The number of rotatable bonds is 28. The summed E-state index contributed by atoms with van der Waals surface area (Å²) in [4.78, 5) is 88.0. The number of hydrogen-bond acceptors (Lipinski definition) is 16. The standard InChI is InChI=1S/C55H70O16/c1-4-14-50(57)67-36-13-9-7-11-34-65-43-25-29-45(30-26-43)69-52(59)39-19-21-41(22-20-39)54(61)71-48-32-31-46(37-47(48)55(62)63-3)70-53(60)40-17-15-38(16-18-40)51(58)68-44-27-23-42(24-28-44)64-33-10-6-8-12-35-66-49(56)5-2/h5,23,25-32,37-42H,2,4,6-22,24,33-36H2,1,3H3. The molecule has 3 aliphatic rings. The monoisotopic (exact) mass is 986 g/mol. The molecule has 0 bridgehead atoms. The van der Waals surface area contributed by atoms with Gasteiger partial charge in [-0.05, 0) is 164 Å². The number of methoxy groups -OCH3 is 1. The summed E-state index contributed by atoms with van der Waals surface area (Å²) in [7, 11) is 1.19. The first-order valence-electron chi connectivity index (χ1n) is 25.2. The molecule has 0 radical (unpaired) electrons. The Hall–Kier alpha value is -6.29. The largest absolute Gasteiger partial charge is 0.494 e. The minimum Gasteiger partial charge on any atom is -0.494 e. The van der Waals surface area contributed by atoms with E-state index in [4.69, 9.17) is 42.6 Å². The predicted octanol–water partition coefficient (Wildman–Crippen LogP) is 9.85. The van der Waals surface area contributed by atoms with E-state index in [0.29, 0.717) is 108 Å². The molecule has 0 aliphatic heterocycles. The summed E-state index contributed by atoms with van der Waals surface area (Å²) in [5.74, 6) is -3.33. The van der Waals surface area contributed by atoms with Gasteiger partial charge in [-0.1, -0.05) is 26.0 Å². The molecule has 1 unspecified atom stereocenters. The van der Waals surface area contributed by atoms with Gasteiger partial charge >= 0.3 is 41.8 Å². The molecule has 16 heteroatoms. The van der Waals surface area contributed by atoms with Crippen LogP contribution in [0.1, 0.15) is 139 Å². The molecule has 2 aromatic carbocycles. The van der Waals surface area contributed by atoms with E-state index in [-0.39, 0.29) is 47.0 Å². The van der Waals surface area contributed by atoms with E-state index in [9.17, 15) is 33.6 Å². The molecule has 3 aliphatic carbocycles. The van der Waals surface area contributed by atoms with Crippen LogP contribution in [0.3, 0.4) is 0 Å². The van der Waals surface area contributed by atoms with Gasteiger partial charge in [-0.3, -0.25) is 24.0 Å². The van der Waals surface area contributed by atoms with E-state index < -0.39 is 41.6 Å². The lowest BCUT2D eigenvalue weighted by molar-refractivity contribution is -0.148. The van der Waals surface area contributed by atoms with Crippen LogP contribution in [0.4, 0.5) is 0 Å². The van der Waals surface area contributed by atoms with Crippen molar-refractivity contribution < 1.29 is 76.2 Å². The summed E-state index contributed by atoms with van der Waals surface area (Å²) in [6.45, 7) is 7.28. The fourth-order valence-corrected chi connectivity index (χ4v) is 8.47. The summed E-state index contributed by atoms with van der Waals surface area (Å²) in [5, 5.41) is 0. The van der Waals surface area contributed by atoms with Gasteiger partial charge in [-0.15, -0.1) is 0 Å². The molecule has 1 atom stereocenters. The molecule has 0 N–H and O–H groups in total. The maximum absolute atomic E-state index is 13.3. The van der Waals surface area contributed by atoms with E-state index in [2.05, 4.69) is 6.58 Å². The first-order valence-corrected chi connectivity index (χ1v) is 25.2. The molecule has 0 saturated heterocycles. The maximum Gasteiger partial charge on any atom is 0.341 e. The van der Waals surface area contributed by atoms with E-state index in [1.807, 2.05) is 19.1 Å². The third kappa shape index (κ3) is 19.4. The highest BCUT2D eigenvalue weighted by Crippen LogP contribution is 2.35. The number of allylic oxidation sites excluding steroid dienone is 1. The van der Waals surface area contributed by atoms with Crippen LogP contribution in [-0.2, 0) is 52.5 Å². The van der Waals surface area contributed by atoms with Crippen molar-refractivity contribution in [2.75, 3.05) is 33.5 Å². The van der Waals surface area contributed by atoms with E-state index in [1.165, 1.54) is 25.3 Å². The quantitative estimate of drug-likeness (QED) is 0.0256. The van der Waals surface area contributed by atoms with Crippen LogP contribution >= 0.6 is 0 Å². The number of carbonyl (C=O) groups is 7. The molecular weight excluding hydrogens is 917 g/mol. The van der Waals surface area contributed by atoms with Gasteiger partial charge in [0.05, 0.1) is 56.7 Å². The molecule has 2 aromatic rings. The first kappa shape index (κ1) is 55.6. The molecule has 2 saturated carbocycles. The lowest BCUT2D eigenvalue weighted by atomic mass is 9.82. The zero-order valence-corrected chi connectivity index (χ0v) is 41.2. The summed E-state index contributed by atoms with van der Waals surface area (Å²) in [6.07, 6.45) is 18.8. The minimum atomic E-state index is -0.786. The number of esters is 7. The molecule has 0 heterocycles. The molecule has 386 valence electrons. The topological polar surface area (TPSA) is 203 Å². The average Bonchev–Trinajstić information content (AvgIpc) is 3.39. The van der Waals surface area contributed by atoms with Crippen LogP contribution in [-0.4, -0.2) is 81.4 Å². The molecule has 0 aromatic heterocycles.